The van der Waals surface area contributed by atoms with E-state index in [2.05, 4.69) is 0 Å². The van der Waals surface area contributed by atoms with Crippen LogP contribution in [-0.4, -0.2) is 31.0 Å². The second-order valence-electron chi connectivity index (χ2n) is 4.81. The lowest BCUT2D eigenvalue weighted by Gasteiger charge is -2.24. The second kappa shape index (κ2) is 8.15. The molecule has 1 unspecified atom stereocenters. The van der Waals surface area contributed by atoms with Crippen molar-refractivity contribution in [1.82, 2.24) is 0 Å². The van der Waals surface area contributed by atoms with Crippen molar-refractivity contribution in [3.8, 4) is 5.75 Å². The zero-order valence-corrected chi connectivity index (χ0v) is 11.9. The minimum absolute atomic E-state index is 0.298. The van der Waals surface area contributed by atoms with E-state index in [0.717, 1.165) is 17.7 Å². The Morgan fingerprint density at radius 1 is 1.37 bits per heavy atom. The maximum atomic E-state index is 10.0. The summed E-state index contributed by atoms with van der Waals surface area (Å²) in [5, 5.41) is 10.0. The molecule has 0 bridgehead atoms. The summed E-state index contributed by atoms with van der Waals surface area (Å²) in [5.74, 6) is 0.835. The summed E-state index contributed by atoms with van der Waals surface area (Å²) in [4.78, 5) is 0. The van der Waals surface area contributed by atoms with Gasteiger partial charge in [0.05, 0.1) is 18.8 Å². The van der Waals surface area contributed by atoms with Crippen LogP contribution in [0.25, 0.3) is 0 Å². The number of hydrogen-bond donors (Lipinski definition) is 2. The van der Waals surface area contributed by atoms with Gasteiger partial charge in [-0.25, -0.2) is 0 Å². The molecule has 0 aromatic heterocycles. The Kier molecular flexibility index (Phi) is 6.84. The fourth-order valence-corrected chi connectivity index (χ4v) is 1.91. The normalized spacial score (nSPS) is 14.1. The molecule has 0 radical (unpaired) electrons. The summed E-state index contributed by atoms with van der Waals surface area (Å²) < 4.78 is 10.7. The second-order valence-corrected chi connectivity index (χ2v) is 4.81. The van der Waals surface area contributed by atoms with Crippen molar-refractivity contribution in [1.29, 1.82) is 0 Å². The first-order valence-corrected chi connectivity index (χ1v) is 6.76. The number of aliphatic hydroxyl groups is 1. The Hall–Kier alpha value is -1.10. The fraction of sp³-hybridized carbons (Fsp3) is 0.600. The molecule has 4 heteroatoms. The van der Waals surface area contributed by atoms with Crippen molar-refractivity contribution in [2.75, 3.05) is 20.3 Å². The standard InChI is InChI=1S/C15H25NO3/c1-3-15(17,12-16)8-5-9-19-14-7-4-6-13(10-14)11-18-2/h4,6-7,10,17H,3,5,8-9,11-12,16H2,1-2H3. The molecule has 0 spiro atoms. The molecule has 4 nitrogen and oxygen atoms in total. The molecule has 0 amide bonds. The van der Waals surface area contributed by atoms with Crippen LogP contribution in [0.5, 0.6) is 5.75 Å². The van der Waals surface area contributed by atoms with Gasteiger partial charge in [0.2, 0.25) is 0 Å². The van der Waals surface area contributed by atoms with Gasteiger partial charge in [-0.05, 0) is 37.0 Å². The monoisotopic (exact) mass is 267 g/mol. The van der Waals surface area contributed by atoms with Crippen LogP contribution in [-0.2, 0) is 11.3 Å². The molecular weight excluding hydrogens is 242 g/mol. The topological polar surface area (TPSA) is 64.7 Å². The third-order valence-electron chi connectivity index (χ3n) is 3.30. The maximum Gasteiger partial charge on any atom is 0.119 e. The summed E-state index contributed by atoms with van der Waals surface area (Å²) in [5.41, 5.74) is 5.90. The molecule has 0 heterocycles. The molecule has 1 atom stereocenters. The quantitative estimate of drug-likeness (QED) is 0.672. The molecule has 0 saturated carbocycles. The minimum Gasteiger partial charge on any atom is -0.494 e. The summed E-state index contributed by atoms with van der Waals surface area (Å²) in [6, 6.07) is 7.85. The zero-order valence-electron chi connectivity index (χ0n) is 11.9. The number of benzene rings is 1. The van der Waals surface area contributed by atoms with Crippen molar-refractivity contribution in [3.63, 3.8) is 0 Å². The van der Waals surface area contributed by atoms with Crippen molar-refractivity contribution >= 4 is 0 Å². The van der Waals surface area contributed by atoms with Gasteiger partial charge >= 0.3 is 0 Å². The van der Waals surface area contributed by atoms with Crippen LogP contribution >= 0.6 is 0 Å². The van der Waals surface area contributed by atoms with E-state index in [0.29, 0.717) is 32.6 Å². The van der Waals surface area contributed by atoms with Gasteiger partial charge in [0.1, 0.15) is 5.75 Å². The van der Waals surface area contributed by atoms with E-state index < -0.39 is 5.60 Å². The SMILES string of the molecule is CCC(O)(CN)CCCOc1cccc(COC)c1. The number of methoxy groups -OCH3 is 1. The molecule has 0 aliphatic heterocycles. The molecule has 108 valence electrons. The Labute approximate surface area is 115 Å². The van der Waals surface area contributed by atoms with Crippen LogP contribution in [0.1, 0.15) is 31.7 Å². The molecule has 1 rings (SSSR count). The summed E-state index contributed by atoms with van der Waals surface area (Å²) >= 11 is 0. The van der Waals surface area contributed by atoms with Crippen molar-refractivity contribution in [3.05, 3.63) is 29.8 Å². The molecule has 0 fully saturated rings. The average molecular weight is 267 g/mol. The molecule has 1 aromatic carbocycles. The predicted octanol–water partition coefficient (Wildman–Crippen LogP) is 2.09. The smallest absolute Gasteiger partial charge is 0.119 e. The number of nitrogens with two attached hydrogens (primary N) is 1. The van der Waals surface area contributed by atoms with E-state index in [1.807, 2.05) is 31.2 Å². The Morgan fingerprint density at radius 3 is 2.79 bits per heavy atom. The van der Waals surface area contributed by atoms with Gasteiger partial charge in [-0.15, -0.1) is 0 Å². The average Bonchev–Trinajstić information content (AvgIpc) is 2.44. The van der Waals surface area contributed by atoms with Gasteiger partial charge in [0.25, 0.3) is 0 Å². The molecule has 0 saturated heterocycles. The Balaban J connectivity index is 2.35. The van der Waals surface area contributed by atoms with Crippen LogP contribution in [0.15, 0.2) is 24.3 Å². The van der Waals surface area contributed by atoms with E-state index in [-0.39, 0.29) is 0 Å². The maximum absolute atomic E-state index is 10.0. The number of ether oxygens (including phenoxy) is 2. The van der Waals surface area contributed by atoms with Gasteiger partial charge < -0.3 is 20.3 Å². The molecule has 0 aliphatic carbocycles. The van der Waals surface area contributed by atoms with E-state index in [1.165, 1.54) is 0 Å². The van der Waals surface area contributed by atoms with Crippen LogP contribution in [0.4, 0.5) is 0 Å². The third kappa shape index (κ3) is 5.59. The summed E-state index contributed by atoms with van der Waals surface area (Å²) in [6.07, 6.45) is 2.13. The lowest BCUT2D eigenvalue weighted by molar-refractivity contribution is 0.0309. The summed E-state index contributed by atoms with van der Waals surface area (Å²) in [7, 11) is 1.67. The van der Waals surface area contributed by atoms with Gasteiger partial charge in [0, 0.05) is 13.7 Å². The largest absolute Gasteiger partial charge is 0.494 e. The molecule has 0 aliphatic rings. The number of hydrogen-bond acceptors (Lipinski definition) is 4. The zero-order chi connectivity index (χ0) is 14.1. The van der Waals surface area contributed by atoms with Crippen LogP contribution < -0.4 is 10.5 Å². The molecule has 19 heavy (non-hydrogen) atoms. The minimum atomic E-state index is -0.749. The lowest BCUT2D eigenvalue weighted by atomic mass is 9.95. The highest BCUT2D eigenvalue weighted by atomic mass is 16.5. The highest BCUT2D eigenvalue weighted by Gasteiger charge is 2.21. The van der Waals surface area contributed by atoms with Crippen LogP contribution in [0.3, 0.4) is 0 Å². The molecule has 3 N–H and O–H groups in total. The van der Waals surface area contributed by atoms with Crippen molar-refractivity contribution in [2.24, 2.45) is 5.73 Å². The van der Waals surface area contributed by atoms with Gasteiger partial charge in [-0.1, -0.05) is 19.1 Å². The third-order valence-corrected chi connectivity index (χ3v) is 3.30. The van der Waals surface area contributed by atoms with Crippen LogP contribution in [0, 0.1) is 0 Å². The summed E-state index contributed by atoms with van der Waals surface area (Å²) in [6.45, 7) is 3.41. The predicted molar refractivity (Wildman–Crippen MR) is 76.2 cm³/mol. The van der Waals surface area contributed by atoms with Crippen molar-refractivity contribution < 1.29 is 14.6 Å². The first-order valence-electron chi connectivity index (χ1n) is 6.76. The Morgan fingerprint density at radius 2 is 2.16 bits per heavy atom. The van der Waals surface area contributed by atoms with Crippen LogP contribution in [0.2, 0.25) is 0 Å². The van der Waals surface area contributed by atoms with E-state index in [4.69, 9.17) is 15.2 Å². The first-order chi connectivity index (χ1) is 9.13. The molecule has 1 aromatic rings. The Bertz CT molecular complexity index is 364. The van der Waals surface area contributed by atoms with E-state index in [9.17, 15) is 5.11 Å². The molecular formula is C15H25NO3. The van der Waals surface area contributed by atoms with Gasteiger partial charge in [-0.3, -0.25) is 0 Å². The number of rotatable bonds is 9. The highest BCUT2D eigenvalue weighted by Crippen LogP contribution is 2.17. The van der Waals surface area contributed by atoms with Gasteiger partial charge in [0.15, 0.2) is 0 Å². The lowest BCUT2D eigenvalue weighted by Crippen LogP contribution is -2.37. The van der Waals surface area contributed by atoms with Gasteiger partial charge in [-0.2, -0.15) is 0 Å². The fourth-order valence-electron chi connectivity index (χ4n) is 1.91. The van der Waals surface area contributed by atoms with E-state index in [1.54, 1.807) is 7.11 Å². The van der Waals surface area contributed by atoms with E-state index >= 15 is 0 Å². The first kappa shape index (κ1) is 16.0. The highest BCUT2D eigenvalue weighted by molar-refractivity contribution is 5.28. The van der Waals surface area contributed by atoms with Crippen molar-refractivity contribution in [2.45, 2.75) is 38.4 Å².